The van der Waals surface area contributed by atoms with Crippen molar-refractivity contribution in [2.24, 2.45) is 0 Å². The fraction of sp³-hybridized carbons (Fsp3) is 0.412. The number of nitrogens with one attached hydrogen (secondary N) is 1. The van der Waals surface area contributed by atoms with Crippen molar-refractivity contribution in [3.8, 4) is 0 Å². The summed E-state index contributed by atoms with van der Waals surface area (Å²) in [6.07, 6.45) is 2.58. The minimum absolute atomic E-state index is 0.0530. The summed E-state index contributed by atoms with van der Waals surface area (Å²) in [7, 11) is 0. The van der Waals surface area contributed by atoms with Crippen molar-refractivity contribution in [1.82, 2.24) is 14.7 Å². The molecule has 0 saturated carbocycles. The second-order valence-electron chi connectivity index (χ2n) is 5.91. The summed E-state index contributed by atoms with van der Waals surface area (Å²) in [6.45, 7) is 4.54. The number of aromatic nitrogens is 2. The molecule has 1 aliphatic rings. The van der Waals surface area contributed by atoms with Gasteiger partial charge in [-0.15, -0.1) is 0 Å². The predicted octanol–water partition coefficient (Wildman–Crippen LogP) is 3.23. The molecule has 0 bridgehead atoms. The molecule has 2 amide bonds. The van der Waals surface area contributed by atoms with Crippen LogP contribution in [0, 0.1) is 0 Å². The largest absolute Gasteiger partial charge is 0.377 e. The highest BCUT2D eigenvalue weighted by Crippen LogP contribution is 2.15. The van der Waals surface area contributed by atoms with Crippen LogP contribution in [0.3, 0.4) is 0 Å². The standard InChI is InChI=1S/C17H21ClN4O2/c1-13-11-21(9-2-10-24-13)17(23)20-16-7-8-19-22(16)12-14-3-5-15(18)6-4-14/h3-8,13H,2,9-12H2,1H3,(H,20,23)/t13-/m0/s1. The Labute approximate surface area is 146 Å². The first-order chi connectivity index (χ1) is 11.6. The van der Waals surface area contributed by atoms with Gasteiger partial charge < -0.3 is 9.64 Å². The molecule has 3 rings (SSSR count). The summed E-state index contributed by atoms with van der Waals surface area (Å²) in [4.78, 5) is 14.3. The normalized spacial score (nSPS) is 18.2. The summed E-state index contributed by atoms with van der Waals surface area (Å²) in [5.74, 6) is 0.674. The van der Waals surface area contributed by atoms with Crippen molar-refractivity contribution >= 4 is 23.4 Å². The van der Waals surface area contributed by atoms with E-state index in [-0.39, 0.29) is 12.1 Å². The summed E-state index contributed by atoms with van der Waals surface area (Å²) in [6, 6.07) is 9.26. The van der Waals surface area contributed by atoms with E-state index >= 15 is 0 Å². The van der Waals surface area contributed by atoms with Crippen LogP contribution >= 0.6 is 11.6 Å². The Bertz CT molecular complexity index is 686. The molecule has 1 fully saturated rings. The highest BCUT2D eigenvalue weighted by atomic mass is 35.5. The third-order valence-corrected chi connectivity index (χ3v) is 4.19. The lowest BCUT2D eigenvalue weighted by Gasteiger charge is -2.22. The van der Waals surface area contributed by atoms with Crippen molar-refractivity contribution in [2.45, 2.75) is 26.0 Å². The first kappa shape index (κ1) is 16.8. The van der Waals surface area contributed by atoms with Crippen molar-refractivity contribution in [3.05, 3.63) is 47.1 Å². The molecule has 2 aromatic rings. The van der Waals surface area contributed by atoms with E-state index in [4.69, 9.17) is 16.3 Å². The van der Waals surface area contributed by atoms with Gasteiger partial charge in [0.2, 0.25) is 0 Å². The molecule has 1 aromatic heterocycles. The van der Waals surface area contributed by atoms with Crippen molar-refractivity contribution < 1.29 is 9.53 Å². The molecule has 1 atom stereocenters. The fourth-order valence-corrected chi connectivity index (χ4v) is 2.82. The zero-order valence-corrected chi connectivity index (χ0v) is 14.4. The number of urea groups is 1. The Hall–Kier alpha value is -2.05. The maximum Gasteiger partial charge on any atom is 0.323 e. The van der Waals surface area contributed by atoms with Crippen LogP contribution in [-0.2, 0) is 11.3 Å². The topological polar surface area (TPSA) is 59.4 Å². The van der Waals surface area contributed by atoms with E-state index in [0.29, 0.717) is 37.1 Å². The molecule has 1 saturated heterocycles. The maximum absolute atomic E-state index is 12.5. The number of hydrogen-bond acceptors (Lipinski definition) is 3. The molecule has 7 heteroatoms. The number of ether oxygens (including phenoxy) is 1. The Kier molecular flexibility index (Phi) is 5.37. The monoisotopic (exact) mass is 348 g/mol. The van der Waals surface area contributed by atoms with Gasteiger partial charge in [0, 0.05) is 30.8 Å². The zero-order chi connectivity index (χ0) is 16.9. The molecule has 0 spiro atoms. The first-order valence-electron chi connectivity index (χ1n) is 8.05. The number of amides is 2. The number of nitrogens with zero attached hydrogens (tertiary/aromatic N) is 3. The van der Waals surface area contributed by atoms with E-state index in [2.05, 4.69) is 10.4 Å². The minimum atomic E-state index is -0.120. The van der Waals surface area contributed by atoms with E-state index < -0.39 is 0 Å². The summed E-state index contributed by atoms with van der Waals surface area (Å²) in [5, 5.41) is 7.94. The number of hydrogen-bond donors (Lipinski definition) is 1. The third-order valence-electron chi connectivity index (χ3n) is 3.94. The van der Waals surface area contributed by atoms with Gasteiger partial charge >= 0.3 is 6.03 Å². The van der Waals surface area contributed by atoms with E-state index in [9.17, 15) is 4.79 Å². The van der Waals surface area contributed by atoms with Crippen LogP contribution in [0.1, 0.15) is 18.9 Å². The van der Waals surface area contributed by atoms with E-state index in [1.54, 1.807) is 21.8 Å². The van der Waals surface area contributed by atoms with E-state index in [0.717, 1.165) is 12.0 Å². The van der Waals surface area contributed by atoms with Crippen LogP contribution in [0.5, 0.6) is 0 Å². The number of carbonyl (C=O) groups is 1. The molecule has 0 aliphatic carbocycles. The SMILES string of the molecule is C[C@H]1CN(C(=O)Nc2ccnn2Cc2ccc(Cl)cc2)CCCO1. The Morgan fingerprint density at radius 3 is 2.96 bits per heavy atom. The molecular formula is C17H21ClN4O2. The molecule has 128 valence electrons. The van der Waals surface area contributed by atoms with Crippen molar-refractivity contribution in [2.75, 3.05) is 25.0 Å². The Morgan fingerprint density at radius 1 is 1.38 bits per heavy atom. The molecule has 6 nitrogen and oxygen atoms in total. The number of rotatable bonds is 3. The molecular weight excluding hydrogens is 328 g/mol. The quantitative estimate of drug-likeness (QED) is 0.926. The maximum atomic E-state index is 12.5. The minimum Gasteiger partial charge on any atom is -0.377 e. The first-order valence-corrected chi connectivity index (χ1v) is 8.43. The average molecular weight is 349 g/mol. The molecule has 1 aromatic carbocycles. The van der Waals surface area contributed by atoms with Crippen LogP contribution in [-0.4, -0.2) is 46.5 Å². The highest BCUT2D eigenvalue weighted by Gasteiger charge is 2.20. The van der Waals surface area contributed by atoms with Crippen LogP contribution in [0.25, 0.3) is 0 Å². The smallest absolute Gasteiger partial charge is 0.323 e. The van der Waals surface area contributed by atoms with E-state index in [1.807, 2.05) is 31.2 Å². The fourth-order valence-electron chi connectivity index (χ4n) is 2.69. The molecule has 2 heterocycles. The molecule has 0 unspecified atom stereocenters. The highest BCUT2D eigenvalue weighted by molar-refractivity contribution is 6.30. The average Bonchev–Trinajstić information content (AvgIpc) is 2.86. The van der Waals surface area contributed by atoms with Gasteiger partial charge in [0.1, 0.15) is 5.82 Å². The van der Waals surface area contributed by atoms with Crippen LogP contribution in [0.15, 0.2) is 36.5 Å². The van der Waals surface area contributed by atoms with Gasteiger partial charge in [-0.2, -0.15) is 5.10 Å². The lowest BCUT2D eigenvalue weighted by molar-refractivity contribution is 0.0718. The number of halogens is 1. The van der Waals surface area contributed by atoms with Crippen molar-refractivity contribution in [3.63, 3.8) is 0 Å². The molecule has 24 heavy (non-hydrogen) atoms. The lowest BCUT2D eigenvalue weighted by Crippen LogP contribution is -2.39. The van der Waals surface area contributed by atoms with Gasteiger partial charge in [-0.25, -0.2) is 9.48 Å². The van der Waals surface area contributed by atoms with Crippen LogP contribution in [0.4, 0.5) is 10.6 Å². The number of carbonyl (C=O) groups excluding carboxylic acids is 1. The van der Waals surface area contributed by atoms with Gasteiger partial charge in [-0.1, -0.05) is 23.7 Å². The predicted molar refractivity (Wildman–Crippen MR) is 93.4 cm³/mol. The molecule has 0 radical (unpaired) electrons. The second-order valence-corrected chi connectivity index (χ2v) is 6.35. The van der Waals surface area contributed by atoms with Gasteiger partial charge in [-0.05, 0) is 31.0 Å². The third kappa shape index (κ3) is 4.27. The lowest BCUT2D eigenvalue weighted by atomic mass is 10.2. The van der Waals surface area contributed by atoms with E-state index in [1.165, 1.54) is 0 Å². The van der Waals surface area contributed by atoms with Gasteiger partial charge in [-0.3, -0.25) is 5.32 Å². The molecule has 1 N–H and O–H groups in total. The number of anilines is 1. The van der Waals surface area contributed by atoms with Crippen LogP contribution in [0.2, 0.25) is 5.02 Å². The van der Waals surface area contributed by atoms with Crippen molar-refractivity contribution in [1.29, 1.82) is 0 Å². The summed E-state index contributed by atoms with van der Waals surface area (Å²) in [5.41, 5.74) is 1.07. The summed E-state index contributed by atoms with van der Waals surface area (Å²) < 4.78 is 7.34. The number of benzene rings is 1. The zero-order valence-electron chi connectivity index (χ0n) is 13.6. The van der Waals surface area contributed by atoms with Gasteiger partial charge in [0.05, 0.1) is 18.8 Å². The summed E-state index contributed by atoms with van der Waals surface area (Å²) >= 11 is 5.91. The van der Waals surface area contributed by atoms with Crippen LogP contribution < -0.4 is 5.32 Å². The Balaban J connectivity index is 1.66. The molecule has 1 aliphatic heterocycles. The van der Waals surface area contributed by atoms with Gasteiger partial charge in [0.25, 0.3) is 0 Å². The Morgan fingerprint density at radius 2 is 2.17 bits per heavy atom. The second kappa shape index (κ2) is 7.68. The van der Waals surface area contributed by atoms with Gasteiger partial charge in [0.15, 0.2) is 0 Å².